The summed E-state index contributed by atoms with van der Waals surface area (Å²) in [5.74, 6) is -1.08. The van der Waals surface area contributed by atoms with Crippen molar-refractivity contribution in [2.75, 3.05) is 5.32 Å². The molecule has 3 aromatic rings. The van der Waals surface area contributed by atoms with Crippen LogP contribution in [0.2, 0.25) is 5.02 Å². The monoisotopic (exact) mass is 450 g/mol. The van der Waals surface area contributed by atoms with Crippen molar-refractivity contribution in [2.24, 2.45) is 0 Å². The molecule has 0 unspecified atom stereocenters. The van der Waals surface area contributed by atoms with Gasteiger partial charge in [0.1, 0.15) is 5.71 Å². The summed E-state index contributed by atoms with van der Waals surface area (Å²) in [6, 6.07) is 16.1. The fraction of sp³-hybridized carbons (Fsp3) is 0.0476. The second-order valence-corrected chi connectivity index (χ2v) is 7.62. The Balaban J connectivity index is 2.01. The third kappa shape index (κ3) is 5.08. The number of para-hydroxylation sites is 1. The molecule has 0 aliphatic rings. The van der Waals surface area contributed by atoms with Crippen LogP contribution in [0.1, 0.15) is 15.2 Å². The van der Waals surface area contributed by atoms with Crippen LogP contribution in [0.4, 0.5) is 18.9 Å². The van der Waals surface area contributed by atoms with Crippen LogP contribution in [0.3, 0.4) is 0 Å². The van der Waals surface area contributed by atoms with Crippen molar-refractivity contribution >= 4 is 46.0 Å². The second kappa shape index (κ2) is 8.73. The van der Waals surface area contributed by atoms with Crippen LogP contribution in [0, 0.1) is 5.41 Å². The van der Waals surface area contributed by atoms with Crippen LogP contribution >= 0.6 is 22.9 Å². The van der Waals surface area contributed by atoms with Crippen LogP contribution in [-0.2, 0) is 0 Å². The van der Waals surface area contributed by atoms with E-state index in [1.54, 1.807) is 48.5 Å². The second-order valence-electron chi connectivity index (χ2n) is 6.12. The summed E-state index contributed by atoms with van der Waals surface area (Å²) in [7, 11) is 0. The lowest BCUT2D eigenvalue weighted by molar-refractivity contribution is -0.0583. The molecule has 2 aromatic carbocycles. The number of carboxylic acids is 1. The van der Waals surface area contributed by atoms with Crippen LogP contribution in [0.15, 0.2) is 66.7 Å². The highest BCUT2D eigenvalue weighted by atomic mass is 35.5. The molecule has 0 atom stereocenters. The number of nitrogens with one attached hydrogen (secondary N) is 2. The fourth-order valence-electron chi connectivity index (χ4n) is 2.55. The fourth-order valence-corrected chi connectivity index (χ4v) is 3.70. The van der Waals surface area contributed by atoms with E-state index in [1.165, 1.54) is 12.1 Å². The first-order chi connectivity index (χ1) is 14.1. The molecule has 0 saturated heterocycles. The molecule has 9 heteroatoms. The number of hydrogen-bond acceptors (Lipinski definition) is 4. The van der Waals surface area contributed by atoms with Gasteiger partial charge in [-0.25, -0.2) is 4.79 Å². The molecule has 3 rings (SSSR count). The lowest BCUT2D eigenvalue weighted by atomic mass is 10.1. The van der Waals surface area contributed by atoms with Gasteiger partial charge < -0.3 is 10.4 Å². The number of benzene rings is 2. The summed E-state index contributed by atoms with van der Waals surface area (Å²) in [6.45, 7) is 0. The maximum Gasteiger partial charge on any atom is 0.432 e. The normalized spacial score (nSPS) is 11.9. The summed E-state index contributed by atoms with van der Waals surface area (Å²) in [5.41, 5.74) is -0.348. The molecule has 0 bridgehead atoms. The largest absolute Gasteiger partial charge is 0.478 e. The number of halogens is 4. The Labute approximate surface area is 178 Å². The first-order valence-corrected chi connectivity index (χ1v) is 9.67. The Kier molecular flexibility index (Phi) is 6.28. The summed E-state index contributed by atoms with van der Waals surface area (Å²) in [6.07, 6.45) is -4.10. The Hall–Kier alpha value is -3.10. The molecule has 0 amide bonds. The Morgan fingerprint density at radius 3 is 2.50 bits per heavy atom. The first kappa shape index (κ1) is 21.6. The zero-order valence-electron chi connectivity index (χ0n) is 15.1. The van der Waals surface area contributed by atoms with E-state index in [-0.39, 0.29) is 11.3 Å². The van der Waals surface area contributed by atoms with Crippen molar-refractivity contribution in [1.29, 1.82) is 5.41 Å². The zero-order valence-corrected chi connectivity index (χ0v) is 16.7. The van der Waals surface area contributed by atoms with Gasteiger partial charge in [-0.15, -0.1) is 11.3 Å². The van der Waals surface area contributed by atoms with Gasteiger partial charge >= 0.3 is 12.1 Å². The van der Waals surface area contributed by atoms with Crippen LogP contribution in [-0.4, -0.2) is 23.0 Å². The average molecular weight is 451 g/mol. The smallest absolute Gasteiger partial charge is 0.432 e. The summed E-state index contributed by atoms with van der Waals surface area (Å²) in [5, 5.41) is 19.7. The van der Waals surface area contributed by atoms with E-state index in [0.29, 0.717) is 32.1 Å². The van der Waals surface area contributed by atoms with Gasteiger partial charge in [0, 0.05) is 4.88 Å². The zero-order chi connectivity index (χ0) is 21.9. The van der Waals surface area contributed by atoms with E-state index < -0.39 is 17.9 Å². The Morgan fingerprint density at radius 2 is 1.83 bits per heavy atom. The van der Waals surface area contributed by atoms with E-state index in [2.05, 4.69) is 5.32 Å². The van der Waals surface area contributed by atoms with Crippen molar-refractivity contribution in [3.63, 3.8) is 0 Å². The maximum atomic E-state index is 13.0. The molecule has 0 radical (unpaired) electrons. The molecule has 1 heterocycles. The lowest BCUT2D eigenvalue weighted by Crippen LogP contribution is -2.20. The molecular weight excluding hydrogens is 437 g/mol. The molecule has 3 N–H and O–H groups in total. The number of rotatable bonds is 6. The van der Waals surface area contributed by atoms with Crippen molar-refractivity contribution in [2.45, 2.75) is 6.18 Å². The minimum atomic E-state index is -4.80. The summed E-state index contributed by atoms with van der Waals surface area (Å²) < 4.78 is 38.9. The molecule has 0 saturated carbocycles. The summed E-state index contributed by atoms with van der Waals surface area (Å²) in [4.78, 5) is 12.3. The van der Waals surface area contributed by atoms with Crippen molar-refractivity contribution in [3.05, 3.63) is 82.2 Å². The third-order valence-corrected chi connectivity index (χ3v) is 5.50. The highest BCUT2D eigenvalue weighted by molar-refractivity contribution is 7.16. The first-order valence-electron chi connectivity index (χ1n) is 8.48. The van der Waals surface area contributed by atoms with Gasteiger partial charge in [-0.1, -0.05) is 35.9 Å². The SMILES string of the molecule is N=C(/C=C(\Nc1ccccc1Cl)c1ccc(-c2cccc(C(=O)O)c2)s1)C(F)(F)F. The van der Waals surface area contributed by atoms with Crippen molar-refractivity contribution < 1.29 is 23.1 Å². The van der Waals surface area contributed by atoms with Gasteiger partial charge in [0.2, 0.25) is 0 Å². The Morgan fingerprint density at radius 1 is 1.10 bits per heavy atom. The molecule has 0 aliphatic carbocycles. The Bertz CT molecular complexity index is 1140. The molecule has 4 nitrogen and oxygen atoms in total. The minimum Gasteiger partial charge on any atom is -0.478 e. The molecule has 1 aromatic heterocycles. The van der Waals surface area contributed by atoms with Crippen LogP contribution in [0.25, 0.3) is 16.1 Å². The molecule has 0 fully saturated rings. The van der Waals surface area contributed by atoms with Gasteiger partial charge in [-0.05, 0) is 48.0 Å². The van der Waals surface area contributed by atoms with Gasteiger partial charge in [0.15, 0.2) is 0 Å². The van der Waals surface area contributed by atoms with Gasteiger partial charge in [-0.2, -0.15) is 13.2 Å². The van der Waals surface area contributed by atoms with Crippen LogP contribution < -0.4 is 5.32 Å². The number of allylic oxidation sites excluding steroid dienone is 1. The highest BCUT2D eigenvalue weighted by Crippen LogP contribution is 2.35. The van der Waals surface area contributed by atoms with E-state index in [0.717, 1.165) is 11.3 Å². The van der Waals surface area contributed by atoms with Gasteiger partial charge in [-0.3, -0.25) is 5.41 Å². The topological polar surface area (TPSA) is 73.2 Å². The number of carboxylic acid groups (broad SMARTS) is 1. The van der Waals surface area contributed by atoms with Crippen molar-refractivity contribution in [1.82, 2.24) is 0 Å². The molecule has 0 aliphatic heterocycles. The maximum absolute atomic E-state index is 13.0. The molecular formula is C21H14ClF3N2O2S. The predicted molar refractivity (Wildman–Crippen MR) is 114 cm³/mol. The number of carbonyl (C=O) groups is 1. The third-order valence-electron chi connectivity index (χ3n) is 4.00. The predicted octanol–water partition coefficient (Wildman–Crippen LogP) is 6.80. The standard InChI is InChI=1S/C21H14ClF3N2O2S/c22-14-6-1-2-7-15(14)27-16(11-19(26)21(23,24)25)18-9-8-17(30-18)12-4-3-5-13(10-12)20(28)29/h1-11,26-27H,(H,28,29)/b16-11-,26-19?. The van der Waals surface area contributed by atoms with E-state index >= 15 is 0 Å². The number of anilines is 1. The quantitative estimate of drug-likeness (QED) is 0.361. The summed E-state index contributed by atoms with van der Waals surface area (Å²) >= 11 is 7.27. The number of hydrogen-bond donors (Lipinski definition) is 3. The van der Waals surface area contributed by atoms with Gasteiger partial charge in [0.05, 0.1) is 26.8 Å². The lowest BCUT2D eigenvalue weighted by Gasteiger charge is -2.13. The number of thiophene rings is 1. The number of aromatic carboxylic acids is 1. The minimum absolute atomic E-state index is 0.0519. The average Bonchev–Trinajstić information content (AvgIpc) is 3.18. The van der Waals surface area contributed by atoms with E-state index in [4.69, 9.17) is 22.1 Å². The molecule has 154 valence electrons. The van der Waals surface area contributed by atoms with Gasteiger partial charge in [0.25, 0.3) is 0 Å². The van der Waals surface area contributed by atoms with E-state index in [9.17, 15) is 18.0 Å². The van der Waals surface area contributed by atoms with Crippen molar-refractivity contribution in [3.8, 4) is 10.4 Å². The van der Waals surface area contributed by atoms with E-state index in [1.807, 2.05) is 0 Å². The number of alkyl halides is 3. The highest BCUT2D eigenvalue weighted by Gasteiger charge is 2.33. The molecule has 0 spiro atoms. The van der Waals surface area contributed by atoms with Crippen LogP contribution in [0.5, 0.6) is 0 Å². The molecule has 30 heavy (non-hydrogen) atoms.